The Morgan fingerprint density at radius 3 is 2.63 bits per heavy atom. The average Bonchev–Trinajstić information content (AvgIpc) is 2.88. The van der Waals surface area contributed by atoms with Crippen molar-refractivity contribution in [1.29, 1.82) is 0 Å². The lowest BCUT2D eigenvalue weighted by atomic mass is 10.0. The van der Waals surface area contributed by atoms with E-state index < -0.39 is 5.92 Å². The molecule has 2 aromatic rings. The number of ether oxygens (including phenoxy) is 1. The minimum absolute atomic E-state index is 0.0153. The van der Waals surface area contributed by atoms with E-state index in [1.165, 1.54) is 16.8 Å². The SMILES string of the molecule is Cc1ccc2c(c1)NC(=O)[C@H](CC(=O)N1CCN(c3cccc(C)c3C)CC1)CO2. The van der Waals surface area contributed by atoms with Crippen LogP contribution in [0.1, 0.15) is 23.1 Å². The Morgan fingerprint density at radius 2 is 1.87 bits per heavy atom. The molecule has 2 aliphatic heterocycles. The van der Waals surface area contributed by atoms with Crippen molar-refractivity contribution in [3.8, 4) is 5.75 Å². The van der Waals surface area contributed by atoms with Gasteiger partial charge in [0.2, 0.25) is 11.8 Å². The molecule has 1 N–H and O–H groups in total. The molecule has 30 heavy (non-hydrogen) atoms. The number of benzene rings is 2. The van der Waals surface area contributed by atoms with Crippen LogP contribution in [0.15, 0.2) is 36.4 Å². The molecule has 6 heteroatoms. The van der Waals surface area contributed by atoms with E-state index in [2.05, 4.69) is 42.3 Å². The highest BCUT2D eigenvalue weighted by atomic mass is 16.5. The standard InChI is InChI=1S/C24H29N3O3/c1-16-7-8-22-20(13-16)25-24(29)19(15-30-22)14-23(28)27-11-9-26(10-12-27)21-6-4-5-17(2)18(21)3/h4-8,13,19H,9-12,14-15H2,1-3H3,(H,25,29)/t19-/m1/s1. The summed E-state index contributed by atoms with van der Waals surface area (Å²) in [5, 5.41) is 2.92. The maximum absolute atomic E-state index is 12.9. The minimum Gasteiger partial charge on any atom is -0.491 e. The summed E-state index contributed by atoms with van der Waals surface area (Å²) in [6.07, 6.45) is 0.169. The van der Waals surface area contributed by atoms with Crippen LogP contribution in [-0.4, -0.2) is 49.5 Å². The van der Waals surface area contributed by atoms with Gasteiger partial charge in [-0.3, -0.25) is 9.59 Å². The molecule has 1 atom stereocenters. The Balaban J connectivity index is 1.35. The Hall–Kier alpha value is -3.02. The van der Waals surface area contributed by atoms with Crippen LogP contribution in [0, 0.1) is 26.7 Å². The van der Waals surface area contributed by atoms with E-state index in [1.807, 2.05) is 30.0 Å². The molecule has 158 valence electrons. The van der Waals surface area contributed by atoms with E-state index in [4.69, 9.17) is 4.74 Å². The molecule has 0 spiro atoms. The smallest absolute Gasteiger partial charge is 0.231 e. The van der Waals surface area contributed by atoms with Crippen molar-refractivity contribution >= 4 is 23.2 Å². The lowest BCUT2D eigenvalue weighted by Gasteiger charge is -2.37. The summed E-state index contributed by atoms with van der Waals surface area (Å²) < 4.78 is 5.81. The van der Waals surface area contributed by atoms with E-state index in [0.717, 1.165) is 18.7 Å². The van der Waals surface area contributed by atoms with Gasteiger partial charge >= 0.3 is 0 Å². The molecule has 1 fully saturated rings. The third-order valence-electron chi connectivity index (χ3n) is 6.17. The van der Waals surface area contributed by atoms with Crippen molar-refractivity contribution in [2.75, 3.05) is 43.0 Å². The fraction of sp³-hybridized carbons (Fsp3) is 0.417. The zero-order chi connectivity index (χ0) is 21.3. The highest BCUT2D eigenvalue weighted by Crippen LogP contribution is 2.30. The zero-order valence-corrected chi connectivity index (χ0v) is 17.9. The van der Waals surface area contributed by atoms with Crippen molar-refractivity contribution in [2.24, 2.45) is 5.92 Å². The molecule has 2 amide bonds. The Morgan fingerprint density at radius 1 is 1.10 bits per heavy atom. The van der Waals surface area contributed by atoms with Gasteiger partial charge < -0.3 is 19.9 Å². The average molecular weight is 408 g/mol. The van der Waals surface area contributed by atoms with Crippen LogP contribution in [0.3, 0.4) is 0 Å². The molecular formula is C24H29N3O3. The van der Waals surface area contributed by atoms with Crippen LogP contribution >= 0.6 is 0 Å². The van der Waals surface area contributed by atoms with E-state index >= 15 is 0 Å². The number of hydrogen-bond acceptors (Lipinski definition) is 4. The maximum atomic E-state index is 12.9. The van der Waals surface area contributed by atoms with Gasteiger partial charge in [-0.05, 0) is 55.7 Å². The molecule has 0 bridgehead atoms. The van der Waals surface area contributed by atoms with Crippen molar-refractivity contribution in [1.82, 2.24) is 4.90 Å². The van der Waals surface area contributed by atoms with Gasteiger partial charge in [0, 0.05) is 38.3 Å². The summed E-state index contributed by atoms with van der Waals surface area (Å²) in [6.45, 7) is 9.39. The second-order valence-corrected chi connectivity index (χ2v) is 8.29. The lowest BCUT2D eigenvalue weighted by Crippen LogP contribution is -2.49. The normalized spacial score (nSPS) is 18.9. The number of anilines is 2. The summed E-state index contributed by atoms with van der Waals surface area (Å²) in [7, 11) is 0. The Labute approximate surface area is 177 Å². The van der Waals surface area contributed by atoms with Gasteiger partial charge in [-0.1, -0.05) is 18.2 Å². The molecule has 2 aromatic carbocycles. The zero-order valence-electron chi connectivity index (χ0n) is 17.9. The van der Waals surface area contributed by atoms with Crippen molar-refractivity contribution in [3.63, 3.8) is 0 Å². The quantitative estimate of drug-likeness (QED) is 0.848. The van der Waals surface area contributed by atoms with Gasteiger partial charge in [-0.15, -0.1) is 0 Å². The fourth-order valence-corrected chi connectivity index (χ4v) is 4.13. The number of nitrogens with zero attached hydrogens (tertiary/aromatic N) is 2. The summed E-state index contributed by atoms with van der Waals surface area (Å²) in [4.78, 5) is 29.7. The van der Waals surface area contributed by atoms with Gasteiger partial charge in [0.25, 0.3) is 0 Å². The highest BCUT2D eigenvalue weighted by molar-refractivity contribution is 5.97. The predicted molar refractivity (Wildman–Crippen MR) is 118 cm³/mol. The van der Waals surface area contributed by atoms with Crippen LogP contribution in [0.25, 0.3) is 0 Å². The molecule has 2 heterocycles. The number of rotatable bonds is 3. The topological polar surface area (TPSA) is 61.9 Å². The molecule has 4 rings (SSSR count). The van der Waals surface area contributed by atoms with E-state index in [1.54, 1.807) is 0 Å². The van der Waals surface area contributed by atoms with Gasteiger partial charge in [-0.2, -0.15) is 0 Å². The van der Waals surface area contributed by atoms with Gasteiger partial charge in [0.05, 0.1) is 11.6 Å². The molecule has 6 nitrogen and oxygen atoms in total. The highest BCUT2D eigenvalue weighted by Gasteiger charge is 2.30. The molecule has 0 unspecified atom stereocenters. The number of piperazine rings is 1. The van der Waals surface area contributed by atoms with Gasteiger partial charge in [0.15, 0.2) is 0 Å². The monoisotopic (exact) mass is 407 g/mol. The minimum atomic E-state index is -0.484. The third-order valence-corrected chi connectivity index (χ3v) is 6.17. The van der Waals surface area contributed by atoms with E-state index in [0.29, 0.717) is 24.5 Å². The number of amides is 2. The number of fused-ring (bicyclic) bond motifs is 1. The third kappa shape index (κ3) is 4.13. The number of carbonyl (C=O) groups is 2. The van der Waals surface area contributed by atoms with Crippen LogP contribution < -0.4 is 15.0 Å². The molecule has 1 saturated heterocycles. The number of nitrogens with one attached hydrogen (secondary N) is 1. The van der Waals surface area contributed by atoms with Gasteiger partial charge in [0.1, 0.15) is 12.4 Å². The Kier molecular flexibility index (Phi) is 5.66. The van der Waals surface area contributed by atoms with Crippen LogP contribution in [-0.2, 0) is 9.59 Å². The summed E-state index contributed by atoms with van der Waals surface area (Å²) >= 11 is 0. The van der Waals surface area contributed by atoms with E-state index in [9.17, 15) is 9.59 Å². The van der Waals surface area contributed by atoms with Crippen LogP contribution in [0.2, 0.25) is 0 Å². The molecule has 0 radical (unpaired) electrons. The number of aryl methyl sites for hydroxylation is 2. The first-order chi connectivity index (χ1) is 14.4. The maximum Gasteiger partial charge on any atom is 0.231 e. The number of carbonyl (C=O) groups excluding carboxylic acids is 2. The molecule has 0 aliphatic carbocycles. The first-order valence-electron chi connectivity index (χ1n) is 10.6. The molecular weight excluding hydrogens is 378 g/mol. The number of hydrogen-bond donors (Lipinski definition) is 1. The predicted octanol–water partition coefficient (Wildman–Crippen LogP) is 3.30. The van der Waals surface area contributed by atoms with Crippen molar-refractivity contribution < 1.29 is 14.3 Å². The lowest BCUT2D eigenvalue weighted by molar-refractivity contribution is -0.135. The summed E-state index contributed by atoms with van der Waals surface area (Å²) in [6, 6.07) is 12.1. The molecule has 0 saturated carbocycles. The second kappa shape index (κ2) is 8.38. The fourth-order valence-electron chi connectivity index (χ4n) is 4.13. The Bertz CT molecular complexity index is 964. The first-order valence-corrected chi connectivity index (χ1v) is 10.6. The first kappa shape index (κ1) is 20.3. The largest absolute Gasteiger partial charge is 0.491 e. The van der Waals surface area contributed by atoms with Crippen LogP contribution in [0.4, 0.5) is 11.4 Å². The van der Waals surface area contributed by atoms with E-state index in [-0.39, 0.29) is 24.8 Å². The molecule has 0 aromatic heterocycles. The van der Waals surface area contributed by atoms with Gasteiger partial charge in [-0.25, -0.2) is 0 Å². The van der Waals surface area contributed by atoms with Crippen LogP contribution in [0.5, 0.6) is 5.75 Å². The van der Waals surface area contributed by atoms with Crippen molar-refractivity contribution in [2.45, 2.75) is 27.2 Å². The summed E-state index contributed by atoms with van der Waals surface area (Å²) in [5.41, 5.74) is 5.54. The summed E-state index contributed by atoms with van der Waals surface area (Å²) in [5.74, 6) is 0.0384. The second-order valence-electron chi connectivity index (χ2n) is 8.29. The van der Waals surface area contributed by atoms with Crippen molar-refractivity contribution in [3.05, 3.63) is 53.1 Å². The molecule has 2 aliphatic rings.